The molecular formula is C25H28BrFN5O3+. The Hall–Kier alpha value is -3.37. The van der Waals surface area contributed by atoms with Crippen molar-refractivity contribution in [3.63, 3.8) is 0 Å². The van der Waals surface area contributed by atoms with E-state index in [0.29, 0.717) is 28.2 Å². The molecule has 35 heavy (non-hydrogen) atoms. The molecule has 0 atom stereocenters. The van der Waals surface area contributed by atoms with E-state index in [-0.39, 0.29) is 11.4 Å². The average molecular weight is 545 g/mol. The third-order valence-corrected chi connectivity index (χ3v) is 5.54. The average Bonchev–Trinajstić information content (AvgIpc) is 3.23. The fraction of sp³-hybridized carbons (Fsp3) is 0.280. The predicted octanol–water partition coefficient (Wildman–Crippen LogP) is 4.24. The number of aromatic nitrogens is 4. The van der Waals surface area contributed by atoms with E-state index in [1.165, 1.54) is 17.0 Å². The summed E-state index contributed by atoms with van der Waals surface area (Å²) in [4.78, 5) is 23.3. The minimum atomic E-state index is -0.328. The standard InChI is InChI=1S/C20H16BrFN5O2.C5H12O/c1-29-26-8-2-3-14(12-26)11-25(13-28)19-9-18(15-4-6-16(22)7-5-15)24-20-17(21)10-23-27(19)20;1-5(2,3)6-4/h2-10,12-13H,11H2,1H3;1-4H3/q+1;. The van der Waals surface area contributed by atoms with Gasteiger partial charge >= 0.3 is 0 Å². The molecule has 0 N–H and O–H groups in total. The Morgan fingerprint density at radius 2 is 1.89 bits per heavy atom. The highest BCUT2D eigenvalue weighted by molar-refractivity contribution is 9.10. The summed E-state index contributed by atoms with van der Waals surface area (Å²) in [6.07, 6.45) is 5.90. The number of hydrogen-bond donors (Lipinski definition) is 0. The number of benzene rings is 1. The first kappa shape index (κ1) is 26.2. The highest BCUT2D eigenvalue weighted by Crippen LogP contribution is 2.28. The first-order valence-corrected chi connectivity index (χ1v) is 11.6. The molecule has 0 unspecified atom stereocenters. The van der Waals surface area contributed by atoms with Gasteiger partial charge in [0.25, 0.3) is 0 Å². The number of hydrogen-bond acceptors (Lipinski definition) is 5. The summed E-state index contributed by atoms with van der Waals surface area (Å²) in [5.41, 5.74) is 2.78. The molecular weight excluding hydrogens is 517 g/mol. The van der Waals surface area contributed by atoms with Crippen molar-refractivity contribution >= 4 is 33.8 Å². The quantitative estimate of drug-likeness (QED) is 0.268. The maximum absolute atomic E-state index is 13.3. The minimum absolute atomic E-state index is 0.0417. The molecule has 0 aliphatic heterocycles. The summed E-state index contributed by atoms with van der Waals surface area (Å²) in [7, 11) is 3.27. The van der Waals surface area contributed by atoms with E-state index in [2.05, 4.69) is 26.0 Å². The van der Waals surface area contributed by atoms with Gasteiger partial charge in [-0.25, -0.2) is 9.37 Å². The van der Waals surface area contributed by atoms with E-state index < -0.39 is 0 Å². The van der Waals surface area contributed by atoms with Crippen molar-refractivity contribution in [3.05, 3.63) is 76.9 Å². The third kappa shape index (κ3) is 6.83. The SMILES string of the molecule is COC(C)(C)C.CO[n+]1cccc(CN(C=O)c2cc(-c3ccc(F)cc3)nc3c(Br)cnn23)c1. The summed E-state index contributed by atoms with van der Waals surface area (Å²) in [6, 6.07) is 11.5. The van der Waals surface area contributed by atoms with Crippen LogP contribution in [0.2, 0.25) is 0 Å². The number of halogens is 2. The Labute approximate surface area is 212 Å². The molecule has 8 nitrogen and oxygen atoms in total. The number of pyridine rings is 1. The second kappa shape index (κ2) is 11.4. The van der Waals surface area contributed by atoms with Crippen LogP contribution >= 0.6 is 15.9 Å². The summed E-state index contributed by atoms with van der Waals surface area (Å²) in [5, 5.41) is 4.33. The van der Waals surface area contributed by atoms with Crippen LogP contribution in [0.5, 0.6) is 0 Å². The van der Waals surface area contributed by atoms with Gasteiger partial charge in [-0.3, -0.25) is 14.5 Å². The Morgan fingerprint density at radius 3 is 2.49 bits per heavy atom. The van der Waals surface area contributed by atoms with Crippen LogP contribution in [-0.4, -0.2) is 40.8 Å². The lowest BCUT2D eigenvalue weighted by atomic mass is 10.1. The number of carbonyl (C=O) groups excluding carboxylic acids is 1. The van der Waals surface area contributed by atoms with Crippen molar-refractivity contribution in [2.75, 3.05) is 19.1 Å². The monoisotopic (exact) mass is 544 g/mol. The van der Waals surface area contributed by atoms with Gasteiger partial charge in [0.1, 0.15) is 18.7 Å². The number of fused-ring (bicyclic) bond motifs is 1. The molecule has 0 aliphatic rings. The van der Waals surface area contributed by atoms with Crippen molar-refractivity contribution in [2.45, 2.75) is 32.9 Å². The topological polar surface area (TPSA) is 72.8 Å². The molecule has 184 valence electrons. The Kier molecular flexibility index (Phi) is 8.52. The molecule has 0 saturated carbocycles. The first-order chi connectivity index (χ1) is 16.6. The fourth-order valence-electron chi connectivity index (χ4n) is 2.97. The van der Waals surface area contributed by atoms with Crippen LogP contribution in [-0.2, 0) is 16.1 Å². The second-order valence-electron chi connectivity index (χ2n) is 8.54. The first-order valence-electron chi connectivity index (χ1n) is 10.8. The summed E-state index contributed by atoms with van der Waals surface area (Å²) in [6.45, 7) is 6.36. The van der Waals surface area contributed by atoms with Crippen LogP contribution in [0.1, 0.15) is 26.3 Å². The predicted molar refractivity (Wildman–Crippen MR) is 134 cm³/mol. The van der Waals surface area contributed by atoms with Crippen LogP contribution in [0.15, 0.2) is 65.5 Å². The molecule has 10 heteroatoms. The maximum atomic E-state index is 13.3. The smallest absolute Gasteiger partial charge is 0.227 e. The Morgan fingerprint density at radius 1 is 1.20 bits per heavy atom. The Bertz CT molecular complexity index is 1290. The molecule has 4 aromatic rings. The second-order valence-corrected chi connectivity index (χ2v) is 9.39. The lowest BCUT2D eigenvalue weighted by Crippen LogP contribution is -2.40. The molecule has 0 aliphatic carbocycles. The van der Waals surface area contributed by atoms with E-state index in [1.807, 2.05) is 32.9 Å². The van der Waals surface area contributed by atoms with Gasteiger partial charge in [-0.05, 0) is 67.0 Å². The summed E-state index contributed by atoms with van der Waals surface area (Å²) >= 11 is 3.44. The van der Waals surface area contributed by atoms with Crippen LogP contribution in [0, 0.1) is 5.82 Å². The molecule has 1 amide bonds. The van der Waals surface area contributed by atoms with Gasteiger partial charge in [-0.1, -0.05) is 0 Å². The van der Waals surface area contributed by atoms with Crippen molar-refractivity contribution in [2.24, 2.45) is 0 Å². The number of ether oxygens (including phenoxy) is 1. The van der Waals surface area contributed by atoms with Crippen molar-refractivity contribution in [3.8, 4) is 11.3 Å². The lowest BCUT2D eigenvalue weighted by molar-refractivity contribution is -0.885. The number of nitrogens with zero attached hydrogens (tertiary/aromatic N) is 5. The zero-order valence-electron chi connectivity index (χ0n) is 20.3. The molecule has 3 aromatic heterocycles. The lowest BCUT2D eigenvalue weighted by Gasteiger charge is -2.19. The molecule has 1 aromatic carbocycles. The molecule has 4 rings (SSSR count). The molecule has 3 heterocycles. The summed E-state index contributed by atoms with van der Waals surface area (Å²) in [5.74, 6) is 0.202. The van der Waals surface area contributed by atoms with E-state index in [1.54, 1.807) is 60.3 Å². The fourth-order valence-corrected chi connectivity index (χ4v) is 3.32. The largest absolute Gasteiger partial charge is 0.379 e. The minimum Gasteiger partial charge on any atom is -0.379 e. The van der Waals surface area contributed by atoms with Gasteiger partial charge in [-0.2, -0.15) is 9.61 Å². The van der Waals surface area contributed by atoms with Crippen molar-refractivity contribution in [1.82, 2.24) is 14.6 Å². The van der Waals surface area contributed by atoms with E-state index in [9.17, 15) is 9.18 Å². The van der Waals surface area contributed by atoms with Crippen molar-refractivity contribution < 1.29 is 23.5 Å². The molecule has 0 fully saturated rings. The van der Waals surface area contributed by atoms with Crippen LogP contribution in [0.3, 0.4) is 0 Å². The third-order valence-electron chi connectivity index (χ3n) is 4.98. The van der Waals surface area contributed by atoms with Crippen molar-refractivity contribution in [1.29, 1.82) is 0 Å². The zero-order chi connectivity index (χ0) is 25.6. The highest BCUT2D eigenvalue weighted by atomic mass is 79.9. The van der Waals surface area contributed by atoms with Crippen LogP contribution in [0.25, 0.3) is 16.9 Å². The van der Waals surface area contributed by atoms with Gasteiger partial charge in [-0.15, -0.1) is 0 Å². The number of amides is 1. The highest BCUT2D eigenvalue weighted by Gasteiger charge is 2.18. The van der Waals surface area contributed by atoms with E-state index in [0.717, 1.165) is 17.5 Å². The molecule has 0 bridgehead atoms. The number of anilines is 1. The number of carbonyl (C=O) groups is 1. The normalized spacial score (nSPS) is 11.1. The Balaban J connectivity index is 0.000000509. The van der Waals surface area contributed by atoms with Gasteiger partial charge in [0.15, 0.2) is 5.65 Å². The van der Waals surface area contributed by atoms with Gasteiger partial charge in [0.05, 0.1) is 28.5 Å². The maximum Gasteiger partial charge on any atom is 0.227 e. The van der Waals surface area contributed by atoms with E-state index >= 15 is 0 Å². The number of rotatable bonds is 6. The van der Waals surface area contributed by atoms with Crippen LogP contribution < -0.4 is 14.5 Å². The molecule has 0 spiro atoms. The summed E-state index contributed by atoms with van der Waals surface area (Å²) < 4.78 is 22.1. The van der Waals surface area contributed by atoms with E-state index in [4.69, 9.17) is 9.57 Å². The van der Waals surface area contributed by atoms with Crippen LogP contribution in [0.4, 0.5) is 10.2 Å². The van der Waals surface area contributed by atoms with Gasteiger partial charge < -0.3 is 4.74 Å². The van der Waals surface area contributed by atoms with Gasteiger partial charge in [0.2, 0.25) is 18.8 Å². The van der Waals surface area contributed by atoms with Gasteiger partial charge in [0, 0.05) is 35.1 Å². The zero-order valence-corrected chi connectivity index (χ0v) is 21.9. The number of methoxy groups -OCH3 is 1. The molecule has 0 radical (unpaired) electrons. The molecule has 0 saturated heterocycles.